The van der Waals surface area contributed by atoms with Crippen LogP contribution >= 0.6 is 0 Å². The van der Waals surface area contributed by atoms with Crippen LogP contribution in [0.5, 0.6) is 0 Å². The van der Waals surface area contributed by atoms with E-state index in [1.54, 1.807) is 6.07 Å². The first kappa shape index (κ1) is 12.9. The van der Waals surface area contributed by atoms with Gasteiger partial charge in [0, 0.05) is 19.0 Å². The first-order valence-electron chi connectivity index (χ1n) is 5.57. The van der Waals surface area contributed by atoms with Gasteiger partial charge in [0.25, 0.3) is 0 Å². The number of primary amides is 1. The number of amides is 1. The third kappa shape index (κ3) is 2.33. The van der Waals surface area contributed by atoms with Gasteiger partial charge in [-0.2, -0.15) is 13.2 Å². The highest BCUT2D eigenvalue weighted by atomic mass is 19.4. The van der Waals surface area contributed by atoms with Crippen molar-refractivity contribution in [1.82, 2.24) is 5.32 Å². The topological polar surface area (TPSA) is 55.1 Å². The fraction of sp³-hybridized carbons (Fsp3) is 0.417. The molecule has 0 spiro atoms. The van der Waals surface area contributed by atoms with Gasteiger partial charge in [-0.15, -0.1) is 0 Å². The largest absolute Gasteiger partial charge is 0.416 e. The van der Waals surface area contributed by atoms with E-state index in [9.17, 15) is 18.0 Å². The lowest BCUT2D eigenvalue weighted by atomic mass is 9.85. The number of carbonyl (C=O) groups is 1. The fourth-order valence-corrected chi connectivity index (χ4v) is 2.38. The smallest absolute Gasteiger partial charge is 0.369 e. The second-order valence-corrected chi connectivity index (χ2v) is 4.36. The summed E-state index contributed by atoms with van der Waals surface area (Å²) >= 11 is 0. The Morgan fingerprint density at radius 3 is 2.56 bits per heavy atom. The van der Waals surface area contributed by atoms with Gasteiger partial charge in [0.05, 0.1) is 11.5 Å². The molecular formula is C12H13F3N2O. The summed E-state index contributed by atoms with van der Waals surface area (Å²) in [7, 11) is 0. The second kappa shape index (κ2) is 4.61. The predicted octanol–water partition coefficient (Wildman–Crippen LogP) is 1.49. The molecule has 1 heterocycles. The number of halogens is 3. The van der Waals surface area contributed by atoms with Crippen LogP contribution in [0.2, 0.25) is 0 Å². The highest BCUT2D eigenvalue weighted by molar-refractivity contribution is 5.78. The van der Waals surface area contributed by atoms with Crippen LogP contribution in [0.3, 0.4) is 0 Å². The summed E-state index contributed by atoms with van der Waals surface area (Å²) in [5.41, 5.74) is 4.67. The van der Waals surface area contributed by atoms with Crippen molar-refractivity contribution >= 4 is 5.91 Å². The molecule has 3 N–H and O–H groups in total. The normalized spacial score (nSPS) is 24.2. The van der Waals surface area contributed by atoms with Crippen molar-refractivity contribution in [3.8, 4) is 0 Å². The summed E-state index contributed by atoms with van der Waals surface area (Å²) in [5.74, 6) is -1.67. The summed E-state index contributed by atoms with van der Waals surface area (Å²) in [6, 6.07) is 5.33. The number of hydrogen-bond acceptors (Lipinski definition) is 2. The Morgan fingerprint density at radius 2 is 1.94 bits per heavy atom. The average molecular weight is 258 g/mol. The Bertz CT molecular complexity index is 459. The average Bonchev–Trinajstić information content (AvgIpc) is 2.76. The van der Waals surface area contributed by atoms with Crippen LogP contribution in [0.1, 0.15) is 17.0 Å². The third-order valence-electron chi connectivity index (χ3n) is 3.25. The molecule has 1 amide bonds. The van der Waals surface area contributed by atoms with Crippen molar-refractivity contribution in [1.29, 1.82) is 0 Å². The van der Waals surface area contributed by atoms with Gasteiger partial charge in [0.2, 0.25) is 5.91 Å². The van der Waals surface area contributed by atoms with Crippen LogP contribution in [0.4, 0.5) is 13.2 Å². The lowest BCUT2D eigenvalue weighted by molar-refractivity contribution is -0.138. The first-order chi connectivity index (χ1) is 8.41. The molecule has 1 aliphatic rings. The molecule has 18 heavy (non-hydrogen) atoms. The molecule has 2 rings (SSSR count). The van der Waals surface area contributed by atoms with Gasteiger partial charge in [0.1, 0.15) is 0 Å². The second-order valence-electron chi connectivity index (χ2n) is 4.36. The number of rotatable bonds is 2. The van der Waals surface area contributed by atoms with Crippen LogP contribution in [0.15, 0.2) is 24.3 Å². The van der Waals surface area contributed by atoms with Gasteiger partial charge in [-0.3, -0.25) is 4.79 Å². The predicted molar refractivity (Wildman–Crippen MR) is 59.7 cm³/mol. The van der Waals surface area contributed by atoms with E-state index in [1.807, 2.05) is 0 Å². The minimum atomic E-state index is -4.42. The zero-order chi connectivity index (χ0) is 13.3. The molecule has 1 aliphatic heterocycles. The third-order valence-corrected chi connectivity index (χ3v) is 3.25. The molecule has 1 aromatic carbocycles. The molecule has 3 nitrogen and oxygen atoms in total. The number of alkyl halides is 3. The molecule has 2 atom stereocenters. The van der Waals surface area contributed by atoms with E-state index in [1.165, 1.54) is 12.1 Å². The lowest BCUT2D eigenvalue weighted by Gasteiger charge is -2.20. The zero-order valence-electron chi connectivity index (χ0n) is 9.50. The first-order valence-corrected chi connectivity index (χ1v) is 5.57. The summed E-state index contributed by atoms with van der Waals surface area (Å²) in [6.07, 6.45) is -4.42. The maximum atomic E-state index is 12.9. The molecule has 1 aromatic rings. The summed E-state index contributed by atoms with van der Waals surface area (Å²) in [6.45, 7) is 0.660. The van der Waals surface area contributed by atoms with Gasteiger partial charge >= 0.3 is 6.18 Å². The van der Waals surface area contributed by atoms with E-state index in [0.717, 1.165) is 6.07 Å². The van der Waals surface area contributed by atoms with Crippen LogP contribution in [-0.2, 0) is 11.0 Å². The summed E-state index contributed by atoms with van der Waals surface area (Å²) in [5, 5.41) is 2.91. The van der Waals surface area contributed by atoms with Crippen molar-refractivity contribution in [2.24, 2.45) is 11.7 Å². The van der Waals surface area contributed by atoms with Crippen LogP contribution in [0.25, 0.3) is 0 Å². The number of carbonyl (C=O) groups excluding carboxylic acids is 1. The summed E-state index contributed by atoms with van der Waals surface area (Å²) in [4.78, 5) is 11.2. The Balaban J connectivity index is 2.42. The minimum Gasteiger partial charge on any atom is -0.369 e. The van der Waals surface area contributed by atoms with Crippen molar-refractivity contribution in [3.05, 3.63) is 35.4 Å². The van der Waals surface area contributed by atoms with Gasteiger partial charge in [-0.1, -0.05) is 18.2 Å². The molecule has 6 heteroatoms. The Hall–Kier alpha value is -1.56. The highest BCUT2D eigenvalue weighted by Gasteiger charge is 2.39. The molecule has 98 valence electrons. The van der Waals surface area contributed by atoms with Gasteiger partial charge < -0.3 is 11.1 Å². The number of hydrogen-bond donors (Lipinski definition) is 2. The van der Waals surface area contributed by atoms with Crippen molar-refractivity contribution in [2.45, 2.75) is 12.1 Å². The van der Waals surface area contributed by atoms with E-state index in [4.69, 9.17) is 5.73 Å². The van der Waals surface area contributed by atoms with Crippen molar-refractivity contribution in [2.75, 3.05) is 13.1 Å². The molecule has 0 radical (unpaired) electrons. The standard InChI is InChI=1S/C12H13F3N2O/c13-12(14,15)10-4-2-1-3-7(10)8-5-17-6-9(8)11(16)18/h1-4,8-9,17H,5-6H2,(H2,16,18). The quantitative estimate of drug-likeness (QED) is 0.844. The van der Waals surface area contributed by atoms with Crippen molar-refractivity contribution < 1.29 is 18.0 Å². The Labute approximate surface area is 102 Å². The molecule has 0 aliphatic carbocycles. The number of nitrogens with two attached hydrogens (primary N) is 1. The zero-order valence-corrected chi connectivity index (χ0v) is 9.50. The minimum absolute atomic E-state index is 0.138. The molecule has 1 fully saturated rings. The van der Waals surface area contributed by atoms with E-state index in [-0.39, 0.29) is 5.56 Å². The lowest BCUT2D eigenvalue weighted by Crippen LogP contribution is -2.29. The summed E-state index contributed by atoms with van der Waals surface area (Å²) < 4.78 is 38.7. The van der Waals surface area contributed by atoms with Gasteiger partial charge in [-0.25, -0.2) is 0 Å². The molecule has 0 aromatic heterocycles. The van der Waals surface area contributed by atoms with E-state index < -0.39 is 29.5 Å². The number of benzene rings is 1. The van der Waals surface area contributed by atoms with Gasteiger partial charge in [-0.05, 0) is 11.6 Å². The fourth-order valence-electron chi connectivity index (χ4n) is 2.38. The van der Waals surface area contributed by atoms with E-state index in [0.29, 0.717) is 13.1 Å². The highest BCUT2D eigenvalue weighted by Crippen LogP contribution is 2.38. The Morgan fingerprint density at radius 1 is 1.28 bits per heavy atom. The maximum Gasteiger partial charge on any atom is 0.416 e. The molecule has 0 bridgehead atoms. The maximum absolute atomic E-state index is 12.9. The monoisotopic (exact) mass is 258 g/mol. The molecular weight excluding hydrogens is 245 g/mol. The SMILES string of the molecule is NC(=O)C1CNCC1c1ccccc1C(F)(F)F. The number of nitrogens with one attached hydrogen (secondary N) is 1. The molecule has 1 saturated heterocycles. The molecule has 0 saturated carbocycles. The van der Waals surface area contributed by atoms with Crippen LogP contribution < -0.4 is 11.1 Å². The van der Waals surface area contributed by atoms with Crippen LogP contribution in [-0.4, -0.2) is 19.0 Å². The Kier molecular flexibility index (Phi) is 3.30. The molecule has 2 unspecified atom stereocenters. The van der Waals surface area contributed by atoms with Gasteiger partial charge in [0.15, 0.2) is 0 Å². The van der Waals surface area contributed by atoms with Crippen molar-refractivity contribution in [3.63, 3.8) is 0 Å². The van der Waals surface area contributed by atoms with Crippen LogP contribution in [0, 0.1) is 5.92 Å². The van der Waals surface area contributed by atoms with E-state index >= 15 is 0 Å². The van der Waals surface area contributed by atoms with E-state index in [2.05, 4.69) is 5.32 Å².